The maximum atomic E-state index is 12.1. The highest BCUT2D eigenvalue weighted by molar-refractivity contribution is 8.00. The molecule has 110 valence electrons. The van der Waals surface area contributed by atoms with Crippen molar-refractivity contribution >= 4 is 23.4 Å². The Morgan fingerprint density at radius 3 is 2.95 bits per heavy atom. The summed E-state index contributed by atoms with van der Waals surface area (Å²) < 4.78 is 0. The zero-order chi connectivity index (χ0) is 14.4. The molecule has 1 aliphatic heterocycles. The van der Waals surface area contributed by atoms with Gasteiger partial charge in [0.1, 0.15) is 0 Å². The van der Waals surface area contributed by atoms with Gasteiger partial charge in [0.05, 0.1) is 0 Å². The molecule has 1 aromatic rings. The van der Waals surface area contributed by atoms with E-state index in [1.165, 1.54) is 18.6 Å². The number of rotatable bonds is 6. The minimum absolute atomic E-state index is 0.0441. The van der Waals surface area contributed by atoms with Gasteiger partial charge in [-0.15, -0.1) is 0 Å². The van der Waals surface area contributed by atoms with Crippen LogP contribution in [-0.4, -0.2) is 30.0 Å². The predicted molar refractivity (Wildman–Crippen MR) is 87.8 cm³/mol. The van der Waals surface area contributed by atoms with Crippen molar-refractivity contribution in [2.24, 2.45) is 0 Å². The number of amides is 1. The van der Waals surface area contributed by atoms with E-state index in [4.69, 9.17) is 0 Å². The molecule has 2 rings (SSSR count). The van der Waals surface area contributed by atoms with Crippen LogP contribution in [0.4, 0.5) is 5.69 Å². The molecule has 0 aliphatic carbocycles. The van der Waals surface area contributed by atoms with Crippen molar-refractivity contribution in [3.8, 4) is 0 Å². The third-order valence-corrected chi connectivity index (χ3v) is 4.97. The van der Waals surface area contributed by atoms with E-state index in [0.717, 1.165) is 36.3 Å². The number of thioether (sulfide) groups is 1. The number of benzene rings is 1. The number of carbonyl (C=O) groups excluding carboxylic acids is 1. The lowest BCUT2D eigenvalue weighted by Crippen LogP contribution is -2.29. The lowest BCUT2D eigenvalue weighted by atomic mass is 10.1. The van der Waals surface area contributed by atoms with Gasteiger partial charge in [0.25, 0.3) is 5.91 Å². The molecule has 0 aromatic heterocycles. The van der Waals surface area contributed by atoms with E-state index in [-0.39, 0.29) is 5.91 Å². The molecule has 2 N–H and O–H groups in total. The molecule has 1 amide bonds. The van der Waals surface area contributed by atoms with Gasteiger partial charge < -0.3 is 10.6 Å². The third-order valence-electron chi connectivity index (χ3n) is 3.57. The van der Waals surface area contributed by atoms with E-state index >= 15 is 0 Å². The van der Waals surface area contributed by atoms with Crippen molar-refractivity contribution in [3.63, 3.8) is 0 Å². The monoisotopic (exact) mass is 292 g/mol. The van der Waals surface area contributed by atoms with Crippen molar-refractivity contribution in [2.75, 3.05) is 24.2 Å². The number of hydrogen-bond donors (Lipinski definition) is 2. The van der Waals surface area contributed by atoms with Gasteiger partial charge in [-0.05, 0) is 55.7 Å². The van der Waals surface area contributed by atoms with Crippen molar-refractivity contribution in [1.82, 2.24) is 5.32 Å². The summed E-state index contributed by atoms with van der Waals surface area (Å²) in [5, 5.41) is 7.02. The molecule has 1 saturated heterocycles. The van der Waals surface area contributed by atoms with Crippen LogP contribution in [0.15, 0.2) is 18.2 Å². The second kappa shape index (κ2) is 7.58. The molecule has 1 unspecified atom stereocenters. The van der Waals surface area contributed by atoms with E-state index in [9.17, 15) is 4.79 Å². The first kappa shape index (κ1) is 15.2. The van der Waals surface area contributed by atoms with Gasteiger partial charge in [-0.3, -0.25) is 4.79 Å². The number of hydrogen-bond acceptors (Lipinski definition) is 3. The topological polar surface area (TPSA) is 41.1 Å². The molecule has 0 spiro atoms. The summed E-state index contributed by atoms with van der Waals surface area (Å²) in [6, 6.07) is 5.88. The Morgan fingerprint density at radius 1 is 1.45 bits per heavy atom. The molecule has 4 heteroatoms. The molecule has 3 nitrogen and oxygen atoms in total. The first-order valence-electron chi connectivity index (χ1n) is 7.45. The van der Waals surface area contributed by atoms with Crippen LogP contribution in [0.25, 0.3) is 0 Å². The summed E-state index contributed by atoms with van der Waals surface area (Å²) in [4.78, 5) is 12.1. The van der Waals surface area contributed by atoms with E-state index in [0.29, 0.717) is 5.25 Å². The van der Waals surface area contributed by atoms with Crippen LogP contribution in [0.5, 0.6) is 0 Å². The van der Waals surface area contributed by atoms with E-state index in [1.54, 1.807) is 0 Å². The lowest BCUT2D eigenvalue weighted by molar-refractivity contribution is 0.0953. The normalized spacial score (nSPS) is 18.0. The molecule has 1 aromatic carbocycles. The Balaban J connectivity index is 1.90. The quantitative estimate of drug-likeness (QED) is 0.844. The first-order valence-corrected chi connectivity index (χ1v) is 8.50. The van der Waals surface area contributed by atoms with Crippen LogP contribution in [-0.2, 0) is 0 Å². The molecular formula is C16H24N2OS. The fourth-order valence-electron chi connectivity index (χ4n) is 2.38. The Labute approximate surface area is 125 Å². The molecule has 20 heavy (non-hydrogen) atoms. The number of anilines is 1. The van der Waals surface area contributed by atoms with Gasteiger partial charge in [-0.1, -0.05) is 6.92 Å². The van der Waals surface area contributed by atoms with Gasteiger partial charge in [0, 0.05) is 29.6 Å². The van der Waals surface area contributed by atoms with Crippen molar-refractivity contribution in [2.45, 2.75) is 38.4 Å². The predicted octanol–water partition coefficient (Wildman–Crippen LogP) is 3.44. The summed E-state index contributed by atoms with van der Waals surface area (Å²) in [6.45, 7) is 5.94. The molecule has 1 aliphatic rings. The number of nitrogens with one attached hydrogen (secondary N) is 2. The standard InChI is InChI=1S/C16H24N2OS/c1-3-8-17-15-7-6-13(10-12(15)2)16(19)18-11-14-5-4-9-20-14/h6-7,10,14,17H,3-5,8-9,11H2,1-2H3,(H,18,19). The van der Waals surface area contributed by atoms with E-state index in [2.05, 4.69) is 17.6 Å². The highest BCUT2D eigenvalue weighted by atomic mass is 32.2. The van der Waals surface area contributed by atoms with Crippen molar-refractivity contribution in [1.29, 1.82) is 0 Å². The van der Waals surface area contributed by atoms with Crippen LogP contribution in [0, 0.1) is 6.92 Å². The second-order valence-corrected chi connectivity index (χ2v) is 6.71. The second-order valence-electron chi connectivity index (χ2n) is 5.30. The minimum atomic E-state index is 0.0441. The summed E-state index contributed by atoms with van der Waals surface area (Å²) >= 11 is 1.97. The SMILES string of the molecule is CCCNc1ccc(C(=O)NCC2CCCS2)cc1C. The Bertz CT molecular complexity index is 456. The Morgan fingerprint density at radius 2 is 2.30 bits per heavy atom. The largest absolute Gasteiger partial charge is 0.385 e. The van der Waals surface area contributed by atoms with Crippen LogP contribution in [0.3, 0.4) is 0 Å². The van der Waals surface area contributed by atoms with Crippen LogP contribution >= 0.6 is 11.8 Å². The molecular weight excluding hydrogens is 268 g/mol. The zero-order valence-electron chi connectivity index (χ0n) is 12.4. The minimum Gasteiger partial charge on any atom is -0.385 e. The summed E-state index contributed by atoms with van der Waals surface area (Å²) in [5.41, 5.74) is 3.00. The van der Waals surface area contributed by atoms with Crippen molar-refractivity contribution in [3.05, 3.63) is 29.3 Å². The molecule has 1 heterocycles. The van der Waals surface area contributed by atoms with Crippen LogP contribution in [0.1, 0.15) is 42.1 Å². The summed E-state index contributed by atoms with van der Waals surface area (Å²) in [6.07, 6.45) is 3.60. The third kappa shape index (κ3) is 4.17. The Hall–Kier alpha value is -1.16. The summed E-state index contributed by atoms with van der Waals surface area (Å²) in [7, 11) is 0. The fraction of sp³-hybridized carbons (Fsp3) is 0.562. The van der Waals surface area contributed by atoms with Crippen LogP contribution in [0.2, 0.25) is 0 Å². The van der Waals surface area contributed by atoms with E-state index in [1.807, 2.05) is 36.9 Å². The highest BCUT2D eigenvalue weighted by Crippen LogP contribution is 2.25. The lowest BCUT2D eigenvalue weighted by Gasteiger charge is -2.12. The van der Waals surface area contributed by atoms with Crippen LogP contribution < -0.4 is 10.6 Å². The molecule has 1 fully saturated rings. The maximum Gasteiger partial charge on any atom is 0.251 e. The molecule has 0 radical (unpaired) electrons. The van der Waals surface area contributed by atoms with E-state index < -0.39 is 0 Å². The fourth-order valence-corrected chi connectivity index (χ4v) is 3.58. The highest BCUT2D eigenvalue weighted by Gasteiger charge is 2.16. The zero-order valence-corrected chi connectivity index (χ0v) is 13.2. The molecule has 0 bridgehead atoms. The smallest absolute Gasteiger partial charge is 0.251 e. The maximum absolute atomic E-state index is 12.1. The van der Waals surface area contributed by atoms with Crippen molar-refractivity contribution < 1.29 is 4.79 Å². The van der Waals surface area contributed by atoms with Gasteiger partial charge in [0.2, 0.25) is 0 Å². The molecule has 1 atom stereocenters. The number of aryl methyl sites for hydroxylation is 1. The van der Waals surface area contributed by atoms with Gasteiger partial charge in [-0.2, -0.15) is 11.8 Å². The van der Waals surface area contributed by atoms with Gasteiger partial charge in [0.15, 0.2) is 0 Å². The summed E-state index contributed by atoms with van der Waals surface area (Å²) in [5.74, 6) is 1.28. The molecule has 0 saturated carbocycles. The average Bonchev–Trinajstić information content (AvgIpc) is 2.96. The number of carbonyl (C=O) groups is 1. The van der Waals surface area contributed by atoms with Gasteiger partial charge in [-0.25, -0.2) is 0 Å². The first-order chi connectivity index (χ1) is 9.70. The Kier molecular flexibility index (Phi) is 5.77. The average molecular weight is 292 g/mol. The van der Waals surface area contributed by atoms with Gasteiger partial charge >= 0.3 is 0 Å².